The summed E-state index contributed by atoms with van der Waals surface area (Å²) in [5, 5.41) is 3.80. The number of likely N-dealkylation sites (N-methyl/N-ethyl adjacent to an activating group) is 2. The summed E-state index contributed by atoms with van der Waals surface area (Å²) in [7, 11) is 6.75. The first-order chi connectivity index (χ1) is 9.06. The molecule has 1 N–H and O–H groups in total. The third-order valence-corrected chi connectivity index (χ3v) is 5.02. The highest BCUT2D eigenvalue weighted by atomic mass is 15.3. The van der Waals surface area contributed by atoms with E-state index in [-0.39, 0.29) is 0 Å². The van der Waals surface area contributed by atoms with Crippen LogP contribution in [-0.4, -0.2) is 87.2 Å². The fraction of sp³-hybridized carbons (Fsp3) is 1.00. The Hall–Kier alpha value is -0.160. The first-order valence-corrected chi connectivity index (χ1v) is 7.87. The van der Waals surface area contributed by atoms with Gasteiger partial charge < -0.3 is 15.1 Å². The highest BCUT2D eigenvalue weighted by molar-refractivity contribution is 4.84. The van der Waals surface area contributed by atoms with Gasteiger partial charge in [0.15, 0.2) is 0 Å². The van der Waals surface area contributed by atoms with Crippen molar-refractivity contribution < 1.29 is 0 Å². The zero-order valence-electron chi connectivity index (χ0n) is 13.2. The largest absolute Gasteiger partial charge is 0.312 e. The summed E-state index contributed by atoms with van der Waals surface area (Å²) in [4.78, 5) is 7.44. The van der Waals surface area contributed by atoms with Gasteiger partial charge in [-0.15, -0.1) is 0 Å². The summed E-state index contributed by atoms with van der Waals surface area (Å²) < 4.78 is 0. The number of nitrogens with zero attached hydrogens (tertiary/aromatic N) is 3. The molecule has 0 aromatic rings. The van der Waals surface area contributed by atoms with Gasteiger partial charge >= 0.3 is 0 Å². The predicted octanol–water partition coefficient (Wildman–Crippen LogP) is 0.552. The average molecular weight is 268 g/mol. The minimum absolute atomic E-state index is 0.642. The van der Waals surface area contributed by atoms with E-state index in [9.17, 15) is 0 Å². The molecule has 3 atom stereocenters. The molecule has 4 nitrogen and oxygen atoms in total. The Morgan fingerprint density at radius 2 is 1.79 bits per heavy atom. The molecule has 0 aromatic carbocycles. The molecule has 0 radical (unpaired) electrons. The van der Waals surface area contributed by atoms with Crippen molar-refractivity contribution in [3.63, 3.8) is 0 Å². The Morgan fingerprint density at radius 3 is 2.53 bits per heavy atom. The van der Waals surface area contributed by atoms with Crippen molar-refractivity contribution in [1.29, 1.82) is 0 Å². The monoisotopic (exact) mass is 268 g/mol. The van der Waals surface area contributed by atoms with Crippen molar-refractivity contribution in [2.75, 3.05) is 60.4 Å². The number of likely N-dealkylation sites (tertiary alicyclic amines) is 1. The van der Waals surface area contributed by atoms with Crippen LogP contribution in [0.15, 0.2) is 0 Å². The van der Waals surface area contributed by atoms with Gasteiger partial charge in [-0.25, -0.2) is 0 Å². The maximum atomic E-state index is 3.80. The minimum Gasteiger partial charge on any atom is -0.312 e. The number of hydrogen-bond acceptors (Lipinski definition) is 4. The molecule has 0 aliphatic carbocycles. The molecule has 0 bridgehead atoms. The average Bonchev–Trinajstić information content (AvgIpc) is 2.39. The Labute approximate surface area is 119 Å². The summed E-state index contributed by atoms with van der Waals surface area (Å²) in [5.74, 6) is 0.824. The van der Waals surface area contributed by atoms with Gasteiger partial charge in [0.1, 0.15) is 0 Å². The summed E-state index contributed by atoms with van der Waals surface area (Å²) in [5.41, 5.74) is 0. The van der Waals surface area contributed by atoms with E-state index in [2.05, 4.69) is 48.1 Å². The van der Waals surface area contributed by atoms with Crippen molar-refractivity contribution in [2.45, 2.75) is 31.8 Å². The van der Waals surface area contributed by atoms with Crippen LogP contribution in [0, 0.1) is 5.92 Å². The Kier molecular flexibility index (Phi) is 5.63. The van der Waals surface area contributed by atoms with Crippen LogP contribution in [0.25, 0.3) is 0 Å². The molecule has 2 heterocycles. The van der Waals surface area contributed by atoms with E-state index in [1.165, 1.54) is 45.6 Å². The molecule has 0 spiro atoms. The van der Waals surface area contributed by atoms with Crippen LogP contribution in [0.3, 0.4) is 0 Å². The molecule has 19 heavy (non-hydrogen) atoms. The molecule has 0 saturated carbocycles. The first kappa shape index (κ1) is 15.2. The van der Waals surface area contributed by atoms with Gasteiger partial charge in [-0.05, 0) is 53.4 Å². The zero-order valence-corrected chi connectivity index (χ0v) is 13.2. The second kappa shape index (κ2) is 7.02. The van der Waals surface area contributed by atoms with Crippen LogP contribution < -0.4 is 5.32 Å². The molecule has 4 heteroatoms. The number of piperazine rings is 1. The fourth-order valence-corrected chi connectivity index (χ4v) is 3.42. The molecule has 112 valence electrons. The van der Waals surface area contributed by atoms with E-state index in [0.717, 1.165) is 12.5 Å². The smallest absolute Gasteiger partial charge is 0.0345 e. The molecular weight excluding hydrogens is 236 g/mol. The van der Waals surface area contributed by atoms with Crippen molar-refractivity contribution >= 4 is 0 Å². The lowest BCUT2D eigenvalue weighted by Crippen LogP contribution is -2.55. The van der Waals surface area contributed by atoms with E-state index < -0.39 is 0 Å². The number of nitrogens with one attached hydrogen (secondary N) is 1. The van der Waals surface area contributed by atoms with Gasteiger partial charge in [0.2, 0.25) is 0 Å². The zero-order chi connectivity index (χ0) is 13.8. The van der Waals surface area contributed by atoms with E-state index in [4.69, 9.17) is 0 Å². The second-order valence-electron chi connectivity index (χ2n) is 6.76. The van der Waals surface area contributed by atoms with Crippen molar-refractivity contribution in [3.05, 3.63) is 0 Å². The molecule has 0 amide bonds. The fourth-order valence-electron chi connectivity index (χ4n) is 3.42. The lowest BCUT2D eigenvalue weighted by molar-refractivity contribution is 0.106. The Bertz CT molecular complexity index is 271. The molecule has 2 rings (SSSR count). The van der Waals surface area contributed by atoms with Crippen molar-refractivity contribution in [1.82, 2.24) is 20.0 Å². The highest BCUT2D eigenvalue weighted by Gasteiger charge is 2.25. The van der Waals surface area contributed by atoms with Crippen molar-refractivity contribution in [2.24, 2.45) is 5.92 Å². The summed E-state index contributed by atoms with van der Waals surface area (Å²) in [6.07, 6.45) is 2.75. The van der Waals surface area contributed by atoms with Gasteiger partial charge in [-0.1, -0.05) is 0 Å². The molecule has 2 aliphatic heterocycles. The molecule has 2 saturated heterocycles. The van der Waals surface area contributed by atoms with Crippen LogP contribution in [0.5, 0.6) is 0 Å². The van der Waals surface area contributed by atoms with Gasteiger partial charge in [-0.3, -0.25) is 4.90 Å². The predicted molar refractivity (Wildman–Crippen MR) is 81.6 cm³/mol. The summed E-state index contributed by atoms with van der Waals surface area (Å²) in [6.45, 7) is 9.63. The van der Waals surface area contributed by atoms with Gasteiger partial charge in [0.05, 0.1) is 0 Å². The SMILES string of the molecule is CC(NCC1CN(C)CCN1C)C1CCCN(C)C1. The maximum Gasteiger partial charge on any atom is 0.0345 e. The third-order valence-electron chi connectivity index (χ3n) is 5.02. The first-order valence-electron chi connectivity index (χ1n) is 7.87. The molecule has 2 fully saturated rings. The lowest BCUT2D eigenvalue weighted by Gasteiger charge is -2.39. The van der Waals surface area contributed by atoms with E-state index in [1.54, 1.807) is 0 Å². The molecule has 2 aliphatic rings. The van der Waals surface area contributed by atoms with Crippen molar-refractivity contribution in [3.8, 4) is 0 Å². The van der Waals surface area contributed by atoms with Gasteiger partial charge in [0, 0.05) is 44.8 Å². The summed E-state index contributed by atoms with van der Waals surface area (Å²) in [6, 6.07) is 1.31. The van der Waals surface area contributed by atoms with Gasteiger partial charge in [0.25, 0.3) is 0 Å². The normalized spacial score (nSPS) is 33.5. The molecule has 0 aromatic heterocycles. The lowest BCUT2D eigenvalue weighted by atomic mass is 9.91. The number of hydrogen-bond donors (Lipinski definition) is 1. The van der Waals surface area contributed by atoms with Crippen LogP contribution in [0.4, 0.5) is 0 Å². The Balaban J connectivity index is 1.74. The molecular formula is C15H32N4. The van der Waals surface area contributed by atoms with Crippen LogP contribution >= 0.6 is 0 Å². The standard InChI is InChI=1S/C15H32N4/c1-13(14-6-5-7-17(2)11-14)16-10-15-12-18(3)8-9-19(15)4/h13-16H,5-12H2,1-4H3. The quantitative estimate of drug-likeness (QED) is 0.804. The number of piperidine rings is 1. The molecule has 3 unspecified atom stereocenters. The highest BCUT2D eigenvalue weighted by Crippen LogP contribution is 2.18. The van der Waals surface area contributed by atoms with Gasteiger partial charge in [-0.2, -0.15) is 0 Å². The summed E-state index contributed by atoms with van der Waals surface area (Å²) >= 11 is 0. The Morgan fingerprint density at radius 1 is 1.05 bits per heavy atom. The van der Waals surface area contributed by atoms with E-state index in [0.29, 0.717) is 12.1 Å². The third kappa shape index (κ3) is 4.42. The van der Waals surface area contributed by atoms with Crippen LogP contribution in [0.2, 0.25) is 0 Å². The topological polar surface area (TPSA) is 21.8 Å². The second-order valence-corrected chi connectivity index (χ2v) is 6.76. The van der Waals surface area contributed by atoms with E-state index >= 15 is 0 Å². The van der Waals surface area contributed by atoms with Crippen LogP contribution in [0.1, 0.15) is 19.8 Å². The minimum atomic E-state index is 0.642. The van der Waals surface area contributed by atoms with Crippen LogP contribution in [-0.2, 0) is 0 Å². The maximum absolute atomic E-state index is 3.80. The van der Waals surface area contributed by atoms with E-state index in [1.807, 2.05) is 0 Å². The number of rotatable bonds is 4.